The maximum atomic E-state index is 14.1. The van der Waals surface area contributed by atoms with E-state index in [1.165, 1.54) is 11.8 Å². The Morgan fingerprint density at radius 1 is 1.03 bits per heavy atom. The topological polar surface area (TPSA) is 97.2 Å². The molecule has 0 aromatic heterocycles. The van der Waals surface area contributed by atoms with E-state index in [1.807, 2.05) is 48.5 Å². The Balaban J connectivity index is 1.84. The first-order chi connectivity index (χ1) is 15.1. The van der Waals surface area contributed by atoms with E-state index in [4.69, 9.17) is 5.73 Å². The first-order valence-corrected chi connectivity index (χ1v) is 11.0. The van der Waals surface area contributed by atoms with Crippen molar-refractivity contribution in [2.24, 2.45) is 5.73 Å². The number of carbonyl (C=O) groups is 1. The molecular weight excluding hydrogens is 406 g/mol. The molecule has 1 amide bonds. The average molecular weight is 426 g/mol. The van der Waals surface area contributed by atoms with E-state index in [9.17, 15) is 15.3 Å². The molecule has 3 heterocycles. The lowest BCUT2D eigenvalue weighted by molar-refractivity contribution is -0.120. The monoisotopic (exact) mass is 425 g/mol. The lowest BCUT2D eigenvalue weighted by Crippen LogP contribution is -2.49. The van der Waals surface area contributed by atoms with Crippen LogP contribution in [0.1, 0.15) is 25.3 Å². The molecule has 2 aromatic rings. The predicted octanol–water partition coefficient (Wildman–Crippen LogP) is 4.13. The van der Waals surface area contributed by atoms with Crippen molar-refractivity contribution < 1.29 is 4.79 Å². The number of hydrogen-bond acceptors (Lipinski definition) is 6. The normalized spacial score (nSPS) is 21.2. The number of nitrogens with two attached hydrogens (primary N) is 1. The molecule has 3 aliphatic rings. The Morgan fingerprint density at radius 3 is 2.42 bits per heavy atom. The van der Waals surface area contributed by atoms with Gasteiger partial charge in [0.1, 0.15) is 16.9 Å². The van der Waals surface area contributed by atoms with Crippen LogP contribution in [-0.2, 0) is 10.2 Å². The summed E-state index contributed by atoms with van der Waals surface area (Å²) in [6.45, 7) is 2.59. The van der Waals surface area contributed by atoms with Gasteiger partial charge in [0.05, 0.1) is 22.9 Å². The van der Waals surface area contributed by atoms with Gasteiger partial charge in [-0.05, 0) is 24.6 Å². The fraction of sp³-hybridized carbons (Fsp3) is 0.208. The molecule has 7 heteroatoms. The zero-order valence-corrected chi connectivity index (χ0v) is 17.7. The number of amides is 1. The molecule has 3 aliphatic heterocycles. The van der Waals surface area contributed by atoms with Crippen LogP contribution in [0.15, 0.2) is 75.4 Å². The molecule has 1 spiro atoms. The van der Waals surface area contributed by atoms with Crippen molar-refractivity contribution in [1.29, 1.82) is 10.5 Å². The van der Waals surface area contributed by atoms with Gasteiger partial charge in [0.25, 0.3) is 0 Å². The Hall–Kier alpha value is -3.68. The van der Waals surface area contributed by atoms with E-state index in [0.717, 1.165) is 29.1 Å². The van der Waals surface area contributed by atoms with Crippen molar-refractivity contribution in [3.8, 4) is 12.1 Å². The van der Waals surface area contributed by atoms with Crippen molar-refractivity contribution >= 4 is 29.0 Å². The maximum Gasteiger partial charge on any atom is 0.248 e. The van der Waals surface area contributed by atoms with Gasteiger partial charge < -0.3 is 10.6 Å². The smallest absolute Gasteiger partial charge is 0.248 e. The minimum Gasteiger partial charge on any atom is -0.384 e. The van der Waals surface area contributed by atoms with Crippen LogP contribution in [0.5, 0.6) is 0 Å². The summed E-state index contributed by atoms with van der Waals surface area (Å²) >= 11 is 1.41. The molecular formula is C24H19N5OS. The molecule has 0 unspecified atom stereocenters. The van der Waals surface area contributed by atoms with Crippen molar-refractivity contribution in [2.45, 2.75) is 30.1 Å². The molecule has 31 heavy (non-hydrogen) atoms. The minimum atomic E-state index is -1.52. The number of unbranched alkanes of at least 4 members (excludes halogenated alkanes) is 1. The summed E-state index contributed by atoms with van der Waals surface area (Å²) in [6, 6.07) is 19.6. The molecule has 0 bridgehead atoms. The largest absolute Gasteiger partial charge is 0.384 e. The van der Waals surface area contributed by atoms with Crippen LogP contribution in [0, 0.1) is 22.7 Å². The lowest BCUT2D eigenvalue weighted by Gasteiger charge is -2.37. The highest BCUT2D eigenvalue weighted by atomic mass is 32.2. The highest BCUT2D eigenvalue weighted by Crippen LogP contribution is 2.59. The van der Waals surface area contributed by atoms with Crippen LogP contribution < -0.4 is 15.5 Å². The molecule has 0 saturated carbocycles. The number of para-hydroxylation sites is 2. The first kappa shape index (κ1) is 19.3. The second-order valence-corrected chi connectivity index (χ2v) is 8.68. The summed E-state index contributed by atoms with van der Waals surface area (Å²) in [5.74, 6) is -0.0728. The average Bonchev–Trinajstić information content (AvgIpc) is 3.28. The summed E-state index contributed by atoms with van der Waals surface area (Å²) in [5, 5.41) is 21.2. The summed E-state index contributed by atoms with van der Waals surface area (Å²) in [7, 11) is 0. The number of hydrogen-bond donors (Lipinski definition) is 1. The highest BCUT2D eigenvalue weighted by molar-refractivity contribution is 8.03. The number of anilines is 2. The van der Waals surface area contributed by atoms with Crippen LogP contribution in [0.2, 0.25) is 0 Å². The molecule has 0 radical (unpaired) electrons. The van der Waals surface area contributed by atoms with Crippen LogP contribution in [0.3, 0.4) is 0 Å². The number of nitriles is 2. The number of fused-ring (bicyclic) bond motifs is 5. The van der Waals surface area contributed by atoms with Crippen LogP contribution in [-0.4, -0.2) is 12.5 Å². The molecule has 0 aliphatic carbocycles. The SMILES string of the molecule is CCCCN1C(=O)[C@]2(C(C#N)=C(N)N3C(=C2C#N)Sc2ccccc23)c2ccccc21. The van der Waals surface area contributed by atoms with Crippen LogP contribution in [0.25, 0.3) is 0 Å². The van der Waals surface area contributed by atoms with Crippen LogP contribution in [0.4, 0.5) is 11.4 Å². The lowest BCUT2D eigenvalue weighted by atomic mass is 9.68. The number of thioether (sulfide) groups is 1. The molecule has 2 N–H and O–H groups in total. The zero-order valence-electron chi connectivity index (χ0n) is 16.9. The third-order valence-electron chi connectivity index (χ3n) is 6.10. The van der Waals surface area contributed by atoms with Gasteiger partial charge in [0, 0.05) is 22.7 Å². The second kappa shape index (κ2) is 6.94. The summed E-state index contributed by atoms with van der Waals surface area (Å²) < 4.78 is 0. The number of benzene rings is 2. The molecule has 6 nitrogen and oxygen atoms in total. The van der Waals surface area contributed by atoms with Gasteiger partial charge in [-0.2, -0.15) is 10.5 Å². The van der Waals surface area contributed by atoms with Gasteiger partial charge in [-0.3, -0.25) is 9.69 Å². The molecule has 0 saturated heterocycles. The summed E-state index contributed by atoms with van der Waals surface area (Å²) in [6.07, 6.45) is 1.75. The quantitative estimate of drug-likeness (QED) is 0.794. The molecule has 5 rings (SSSR count). The van der Waals surface area contributed by atoms with E-state index >= 15 is 0 Å². The van der Waals surface area contributed by atoms with Crippen LogP contribution >= 0.6 is 11.8 Å². The third-order valence-corrected chi connectivity index (χ3v) is 7.25. The van der Waals surface area contributed by atoms with Crippen molar-refractivity contribution in [3.63, 3.8) is 0 Å². The van der Waals surface area contributed by atoms with E-state index in [-0.39, 0.29) is 22.9 Å². The molecule has 0 fully saturated rings. The number of carbonyl (C=O) groups excluding carboxylic acids is 1. The Kier molecular flexibility index (Phi) is 4.32. The highest BCUT2D eigenvalue weighted by Gasteiger charge is 2.61. The number of nitrogens with zero attached hydrogens (tertiary/aromatic N) is 4. The van der Waals surface area contributed by atoms with Gasteiger partial charge >= 0.3 is 0 Å². The summed E-state index contributed by atoms with van der Waals surface area (Å²) in [5.41, 5.74) is 7.64. The number of rotatable bonds is 3. The van der Waals surface area contributed by atoms with Gasteiger partial charge in [0.15, 0.2) is 5.41 Å². The second-order valence-electron chi connectivity index (χ2n) is 7.65. The Morgan fingerprint density at radius 2 is 1.71 bits per heavy atom. The van der Waals surface area contributed by atoms with Crippen molar-refractivity contribution in [3.05, 3.63) is 76.1 Å². The predicted molar refractivity (Wildman–Crippen MR) is 120 cm³/mol. The fourth-order valence-electron chi connectivity index (χ4n) is 4.73. The Labute approximate surface area is 184 Å². The minimum absolute atomic E-state index is 0.113. The molecule has 1 atom stereocenters. The van der Waals surface area contributed by atoms with Gasteiger partial charge in [-0.1, -0.05) is 55.4 Å². The standard InChI is InChI=1S/C24H19N5OS/c1-2-3-12-28-18-9-5-4-8-15(18)24(23(28)30)16(13-25)21(27)29-19-10-6-7-11-20(19)31-22(29)17(24)14-26/h4-11H,2-3,12,27H2,1H3/t24-/m0/s1. The zero-order chi connectivity index (χ0) is 21.8. The van der Waals surface area contributed by atoms with E-state index in [0.29, 0.717) is 17.1 Å². The van der Waals surface area contributed by atoms with Crippen molar-refractivity contribution in [1.82, 2.24) is 0 Å². The van der Waals surface area contributed by atoms with Gasteiger partial charge in [-0.25, -0.2) is 0 Å². The van der Waals surface area contributed by atoms with E-state index < -0.39 is 5.41 Å². The maximum absolute atomic E-state index is 14.1. The van der Waals surface area contributed by atoms with Gasteiger partial charge in [0.2, 0.25) is 5.91 Å². The summed E-state index contributed by atoms with van der Waals surface area (Å²) in [4.78, 5) is 18.5. The first-order valence-electron chi connectivity index (χ1n) is 10.1. The fourth-order valence-corrected chi connectivity index (χ4v) is 5.93. The molecule has 2 aromatic carbocycles. The Bertz CT molecular complexity index is 1280. The van der Waals surface area contributed by atoms with Crippen molar-refractivity contribution in [2.75, 3.05) is 16.3 Å². The van der Waals surface area contributed by atoms with Gasteiger partial charge in [-0.15, -0.1) is 0 Å². The molecule has 152 valence electrons. The van der Waals surface area contributed by atoms with E-state index in [2.05, 4.69) is 19.1 Å². The van der Waals surface area contributed by atoms with E-state index in [1.54, 1.807) is 9.80 Å². The third kappa shape index (κ3) is 2.30.